The highest BCUT2D eigenvalue weighted by Crippen LogP contribution is 2.38. The highest BCUT2D eigenvalue weighted by molar-refractivity contribution is 5.66. The van der Waals surface area contributed by atoms with Crippen LogP contribution < -0.4 is 9.80 Å². The zero-order chi connectivity index (χ0) is 23.5. The average Bonchev–Trinajstić information content (AvgIpc) is 3.32. The van der Waals surface area contributed by atoms with Crippen LogP contribution in [0.2, 0.25) is 0 Å². The van der Waals surface area contributed by atoms with Gasteiger partial charge in [0.2, 0.25) is 11.9 Å². The van der Waals surface area contributed by atoms with E-state index in [-0.39, 0.29) is 11.9 Å². The predicted molar refractivity (Wildman–Crippen MR) is 129 cm³/mol. The van der Waals surface area contributed by atoms with E-state index in [1.165, 1.54) is 6.07 Å². The molecule has 9 heteroatoms. The lowest BCUT2D eigenvalue weighted by atomic mass is 9.99. The van der Waals surface area contributed by atoms with Gasteiger partial charge >= 0.3 is 0 Å². The molecule has 0 aliphatic carbocycles. The van der Waals surface area contributed by atoms with Gasteiger partial charge in [-0.1, -0.05) is 12.1 Å². The largest absolute Gasteiger partial charge is 0.378 e. The van der Waals surface area contributed by atoms with Gasteiger partial charge in [0.25, 0.3) is 0 Å². The summed E-state index contributed by atoms with van der Waals surface area (Å²) >= 11 is 0. The number of hydrogen-bond donors (Lipinski definition) is 0. The van der Waals surface area contributed by atoms with Crippen LogP contribution in [-0.4, -0.2) is 71.8 Å². The molecule has 0 spiro atoms. The molecule has 2 aromatic heterocycles. The topological polar surface area (TPSA) is 70.5 Å². The van der Waals surface area contributed by atoms with Gasteiger partial charge in [0.15, 0.2) is 0 Å². The fraction of sp³-hybridized carbons (Fsp3) is 0.440. The third kappa shape index (κ3) is 4.85. The number of halogens is 1. The Hall–Kier alpha value is -3.17. The van der Waals surface area contributed by atoms with E-state index < -0.39 is 0 Å². The van der Waals surface area contributed by atoms with Gasteiger partial charge in [-0.3, -0.25) is 4.90 Å². The summed E-state index contributed by atoms with van der Waals surface area (Å²) in [6.45, 7) is 4.67. The Morgan fingerprint density at radius 2 is 1.94 bits per heavy atom. The molecular formula is C25H30FN7O. The summed E-state index contributed by atoms with van der Waals surface area (Å²) in [5.74, 6) is 1.15. The summed E-state index contributed by atoms with van der Waals surface area (Å²) < 4.78 is 19.5. The van der Waals surface area contributed by atoms with Gasteiger partial charge in [0.05, 0.1) is 30.6 Å². The molecule has 1 aromatic carbocycles. The van der Waals surface area contributed by atoms with E-state index in [9.17, 15) is 4.39 Å². The number of rotatable bonds is 6. The molecule has 0 radical (unpaired) electrons. The second-order valence-electron chi connectivity index (χ2n) is 8.95. The molecule has 8 nitrogen and oxygen atoms in total. The maximum absolute atomic E-state index is 14.0. The van der Waals surface area contributed by atoms with E-state index in [0.717, 1.165) is 60.9 Å². The molecule has 2 fully saturated rings. The van der Waals surface area contributed by atoms with Crippen LogP contribution in [0, 0.1) is 5.82 Å². The van der Waals surface area contributed by atoms with Crippen molar-refractivity contribution in [3.05, 3.63) is 59.9 Å². The molecule has 1 atom stereocenters. The minimum absolute atomic E-state index is 0.0989. The van der Waals surface area contributed by atoms with Gasteiger partial charge in [-0.15, -0.1) is 0 Å². The number of aromatic nitrogens is 4. The molecule has 2 aliphatic heterocycles. The van der Waals surface area contributed by atoms with Crippen LogP contribution in [0.1, 0.15) is 30.3 Å². The lowest BCUT2D eigenvalue weighted by Gasteiger charge is -2.28. The summed E-state index contributed by atoms with van der Waals surface area (Å²) in [4.78, 5) is 25.3. The van der Waals surface area contributed by atoms with Crippen LogP contribution >= 0.6 is 0 Å². The van der Waals surface area contributed by atoms with E-state index in [1.807, 2.05) is 43.5 Å². The van der Waals surface area contributed by atoms with Crippen LogP contribution in [0.5, 0.6) is 0 Å². The molecule has 0 bridgehead atoms. The molecule has 4 heterocycles. The minimum Gasteiger partial charge on any atom is -0.378 e. The first-order valence-electron chi connectivity index (χ1n) is 11.8. The lowest BCUT2D eigenvalue weighted by molar-refractivity contribution is 0.122. The second kappa shape index (κ2) is 9.99. The maximum atomic E-state index is 14.0. The predicted octanol–water partition coefficient (Wildman–Crippen LogP) is 3.31. The highest BCUT2D eigenvalue weighted by atomic mass is 19.1. The summed E-state index contributed by atoms with van der Waals surface area (Å²) in [7, 11) is 3.86. The first-order chi connectivity index (χ1) is 16.6. The smallest absolute Gasteiger partial charge is 0.225 e. The Morgan fingerprint density at radius 3 is 2.74 bits per heavy atom. The Kier molecular flexibility index (Phi) is 6.64. The van der Waals surface area contributed by atoms with Crippen LogP contribution in [-0.2, 0) is 11.3 Å². The van der Waals surface area contributed by atoms with Crippen molar-refractivity contribution in [1.82, 2.24) is 24.8 Å². The Bertz CT molecular complexity index is 1140. The van der Waals surface area contributed by atoms with Crippen molar-refractivity contribution >= 4 is 11.9 Å². The van der Waals surface area contributed by atoms with Crippen molar-refractivity contribution in [3.63, 3.8) is 0 Å². The SMILES string of the molecule is CN(C)c1ncc(-c2cccc(F)c2)c([C@@H]2CCCN2Cc2ccnc(N3CCOCC3)n2)n1. The van der Waals surface area contributed by atoms with E-state index >= 15 is 0 Å². The molecule has 2 saturated heterocycles. The van der Waals surface area contributed by atoms with Crippen molar-refractivity contribution < 1.29 is 9.13 Å². The monoisotopic (exact) mass is 463 g/mol. The Labute approximate surface area is 199 Å². The Morgan fingerprint density at radius 1 is 1.09 bits per heavy atom. The number of morpholine rings is 1. The third-order valence-electron chi connectivity index (χ3n) is 6.38. The number of likely N-dealkylation sites (tertiary alicyclic amines) is 1. The number of benzene rings is 1. The van der Waals surface area contributed by atoms with Gasteiger partial charge in [-0.2, -0.15) is 0 Å². The van der Waals surface area contributed by atoms with E-state index in [1.54, 1.807) is 12.1 Å². The molecular weight excluding hydrogens is 433 g/mol. The molecule has 0 N–H and O–H groups in total. The fourth-order valence-corrected chi connectivity index (χ4v) is 4.65. The first-order valence-corrected chi connectivity index (χ1v) is 11.8. The van der Waals surface area contributed by atoms with E-state index in [0.29, 0.717) is 25.7 Å². The summed E-state index contributed by atoms with van der Waals surface area (Å²) in [6, 6.07) is 8.74. The number of ether oxygens (including phenoxy) is 1. The van der Waals surface area contributed by atoms with Gasteiger partial charge in [-0.25, -0.2) is 24.3 Å². The summed E-state index contributed by atoms with van der Waals surface area (Å²) in [5, 5.41) is 0. The third-order valence-corrected chi connectivity index (χ3v) is 6.38. The highest BCUT2D eigenvalue weighted by Gasteiger charge is 2.31. The normalized spacial score (nSPS) is 18.9. The zero-order valence-corrected chi connectivity index (χ0v) is 19.7. The van der Waals surface area contributed by atoms with Gasteiger partial charge in [0.1, 0.15) is 5.82 Å². The number of anilines is 2. The van der Waals surface area contributed by atoms with Gasteiger partial charge < -0.3 is 14.5 Å². The molecule has 0 saturated carbocycles. The van der Waals surface area contributed by atoms with Crippen molar-refractivity contribution in [2.75, 3.05) is 56.7 Å². The van der Waals surface area contributed by atoms with Crippen molar-refractivity contribution in [2.24, 2.45) is 0 Å². The molecule has 34 heavy (non-hydrogen) atoms. The fourth-order valence-electron chi connectivity index (χ4n) is 4.65. The standard InChI is InChI=1S/C25H30FN7O/c1-31(2)24-28-16-21(18-5-3-6-19(26)15-18)23(30-24)22-7-4-10-33(22)17-20-8-9-27-25(29-20)32-11-13-34-14-12-32/h3,5-6,8-9,15-16,22H,4,7,10-14,17H2,1-2H3/t22-/m0/s1. The molecule has 3 aromatic rings. The summed E-state index contributed by atoms with van der Waals surface area (Å²) in [5.41, 5.74) is 3.59. The molecule has 2 aliphatic rings. The lowest BCUT2D eigenvalue weighted by Crippen LogP contribution is -2.37. The quantitative estimate of drug-likeness (QED) is 0.552. The van der Waals surface area contributed by atoms with E-state index in [2.05, 4.69) is 19.8 Å². The molecule has 0 amide bonds. The first kappa shape index (κ1) is 22.6. The molecule has 178 valence electrons. The minimum atomic E-state index is -0.264. The average molecular weight is 464 g/mol. The van der Waals surface area contributed by atoms with Gasteiger partial charge in [-0.05, 0) is 43.1 Å². The van der Waals surface area contributed by atoms with Crippen LogP contribution in [0.25, 0.3) is 11.1 Å². The van der Waals surface area contributed by atoms with Gasteiger partial charge in [0, 0.05) is 51.7 Å². The maximum Gasteiger partial charge on any atom is 0.225 e. The molecule has 5 rings (SSSR count). The Balaban J connectivity index is 1.45. The zero-order valence-electron chi connectivity index (χ0n) is 19.7. The molecule has 0 unspecified atom stereocenters. The summed E-state index contributed by atoms with van der Waals surface area (Å²) in [6.07, 6.45) is 5.71. The second-order valence-corrected chi connectivity index (χ2v) is 8.95. The van der Waals surface area contributed by atoms with E-state index in [4.69, 9.17) is 14.7 Å². The van der Waals surface area contributed by atoms with Crippen LogP contribution in [0.3, 0.4) is 0 Å². The number of nitrogens with zero attached hydrogens (tertiary/aromatic N) is 7. The van der Waals surface area contributed by atoms with Crippen molar-refractivity contribution in [3.8, 4) is 11.1 Å². The number of hydrogen-bond acceptors (Lipinski definition) is 8. The van der Waals surface area contributed by atoms with Crippen LogP contribution in [0.4, 0.5) is 16.3 Å². The van der Waals surface area contributed by atoms with Crippen molar-refractivity contribution in [1.29, 1.82) is 0 Å². The van der Waals surface area contributed by atoms with Crippen molar-refractivity contribution in [2.45, 2.75) is 25.4 Å². The van der Waals surface area contributed by atoms with Crippen LogP contribution in [0.15, 0.2) is 42.7 Å².